The number of amidine groups is 1. The Morgan fingerprint density at radius 2 is 1.79 bits per heavy atom. The molecule has 0 bridgehead atoms. The number of carbonyl (C=O) groups excluding carboxylic acids is 3. The van der Waals surface area contributed by atoms with Crippen molar-refractivity contribution in [2.75, 3.05) is 31.1 Å². The zero-order valence-corrected chi connectivity index (χ0v) is 18.7. The lowest BCUT2D eigenvalue weighted by atomic mass is 9.99. The Balaban J connectivity index is 1.93. The predicted molar refractivity (Wildman–Crippen MR) is 124 cm³/mol. The molecule has 0 saturated carbocycles. The van der Waals surface area contributed by atoms with Crippen molar-refractivity contribution in [2.24, 2.45) is 5.73 Å². The van der Waals surface area contributed by atoms with Crippen LogP contribution in [0.15, 0.2) is 42.5 Å². The zero-order valence-electron chi connectivity index (χ0n) is 18.7. The first-order valence-corrected chi connectivity index (χ1v) is 10.7. The van der Waals surface area contributed by atoms with E-state index in [0.29, 0.717) is 12.0 Å². The first kappa shape index (κ1) is 24.4. The number of fused-ring (bicyclic) bond motifs is 1. The summed E-state index contributed by atoms with van der Waals surface area (Å²) < 4.78 is 4.91. The van der Waals surface area contributed by atoms with Crippen molar-refractivity contribution in [3.63, 3.8) is 0 Å². The maximum absolute atomic E-state index is 13.3. The molecule has 178 valence electrons. The molecular formula is C24H26N4O6. The quantitative estimate of drug-likeness (QED) is 0.287. The summed E-state index contributed by atoms with van der Waals surface area (Å²) in [7, 11) is 0. The number of aliphatic carboxylic acids is 1. The van der Waals surface area contributed by atoms with E-state index in [-0.39, 0.29) is 43.2 Å². The van der Waals surface area contributed by atoms with E-state index in [0.717, 1.165) is 16.0 Å². The van der Waals surface area contributed by atoms with E-state index >= 15 is 0 Å². The first-order chi connectivity index (χ1) is 16.2. The van der Waals surface area contributed by atoms with Gasteiger partial charge in [0.2, 0.25) is 5.91 Å². The molecule has 0 unspecified atom stereocenters. The molecule has 0 aliphatic carbocycles. The van der Waals surface area contributed by atoms with E-state index < -0.39 is 30.3 Å². The van der Waals surface area contributed by atoms with Gasteiger partial charge in [-0.05, 0) is 36.6 Å². The fourth-order valence-corrected chi connectivity index (χ4v) is 3.71. The molecule has 1 aliphatic heterocycles. The Bertz CT molecular complexity index is 1130. The number of nitrogens with two attached hydrogens (primary N) is 1. The van der Waals surface area contributed by atoms with Gasteiger partial charge in [0, 0.05) is 12.1 Å². The molecule has 4 N–H and O–H groups in total. The largest absolute Gasteiger partial charge is 0.480 e. The summed E-state index contributed by atoms with van der Waals surface area (Å²) >= 11 is 0. The molecule has 0 spiro atoms. The van der Waals surface area contributed by atoms with E-state index in [1.165, 1.54) is 4.90 Å². The van der Waals surface area contributed by atoms with Crippen LogP contribution in [0.5, 0.6) is 0 Å². The molecule has 3 rings (SSSR count). The molecule has 1 aliphatic rings. The molecule has 1 heterocycles. The number of anilines is 1. The third-order valence-electron chi connectivity index (χ3n) is 5.35. The predicted octanol–water partition coefficient (Wildman–Crippen LogP) is 1.39. The highest BCUT2D eigenvalue weighted by molar-refractivity contribution is 6.11. The molecule has 0 aromatic heterocycles. The van der Waals surface area contributed by atoms with Gasteiger partial charge in [0.05, 0.1) is 24.3 Å². The summed E-state index contributed by atoms with van der Waals surface area (Å²) in [5.74, 6) is -2.74. The van der Waals surface area contributed by atoms with Crippen LogP contribution in [0.1, 0.15) is 40.4 Å². The molecule has 10 nitrogen and oxygen atoms in total. The highest BCUT2D eigenvalue weighted by atomic mass is 16.5. The van der Waals surface area contributed by atoms with Crippen LogP contribution in [0.4, 0.5) is 5.69 Å². The summed E-state index contributed by atoms with van der Waals surface area (Å²) in [6, 6.07) is 12.1. The SMILES string of the molecule is CCOC(=O)CCN1CC(=O)N(CC(=O)O)c2ccc(Cc3ccc(C(=N)N)cc3)cc2C1=O. The van der Waals surface area contributed by atoms with E-state index in [9.17, 15) is 24.3 Å². The minimum Gasteiger partial charge on any atom is -0.480 e. The van der Waals surface area contributed by atoms with Crippen molar-refractivity contribution in [1.29, 1.82) is 5.41 Å². The number of carbonyl (C=O) groups is 4. The van der Waals surface area contributed by atoms with Crippen molar-refractivity contribution in [3.05, 3.63) is 64.7 Å². The summed E-state index contributed by atoms with van der Waals surface area (Å²) in [6.07, 6.45) is 0.387. The van der Waals surface area contributed by atoms with Gasteiger partial charge in [-0.3, -0.25) is 29.5 Å². The smallest absolute Gasteiger partial charge is 0.323 e. The number of hydrogen-bond acceptors (Lipinski definition) is 6. The summed E-state index contributed by atoms with van der Waals surface area (Å²) in [6.45, 7) is 0.921. The molecule has 2 aromatic rings. The maximum atomic E-state index is 13.3. The molecule has 2 aromatic carbocycles. The normalized spacial score (nSPS) is 13.3. The van der Waals surface area contributed by atoms with Crippen LogP contribution in [0.25, 0.3) is 0 Å². The maximum Gasteiger partial charge on any atom is 0.323 e. The second-order valence-electron chi connectivity index (χ2n) is 7.79. The number of carboxylic acids is 1. The zero-order chi connectivity index (χ0) is 24.8. The van der Waals surface area contributed by atoms with Crippen LogP contribution < -0.4 is 10.6 Å². The number of ether oxygens (including phenoxy) is 1. The Labute approximate surface area is 196 Å². The van der Waals surface area contributed by atoms with Gasteiger partial charge in [0.25, 0.3) is 5.91 Å². The third-order valence-corrected chi connectivity index (χ3v) is 5.35. The minimum absolute atomic E-state index is 0.0273. The van der Waals surface area contributed by atoms with Crippen LogP contribution in [-0.2, 0) is 25.5 Å². The van der Waals surface area contributed by atoms with Crippen molar-refractivity contribution in [2.45, 2.75) is 19.8 Å². The monoisotopic (exact) mass is 466 g/mol. The number of amides is 2. The number of benzene rings is 2. The fraction of sp³-hybridized carbons (Fsp3) is 0.292. The molecule has 34 heavy (non-hydrogen) atoms. The molecule has 0 fully saturated rings. The van der Waals surface area contributed by atoms with Gasteiger partial charge in [-0.15, -0.1) is 0 Å². The van der Waals surface area contributed by atoms with Crippen LogP contribution in [0.3, 0.4) is 0 Å². The molecule has 0 saturated heterocycles. The average Bonchev–Trinajstić information content (AvgIpc) is 2.88. The Kier molecular flexibility index (Phi) is 7.62. The van der Waals surface area contributed by atoms with Crippen LogP contribution >= 0.6 is 0 Å². The lowest BCUT2D eigenvalue weighted by Gasteiger charge is -2.21. The van der Waals surface area contributed by atoms with E-state index in [1.54, 1.807) is 37.3 Å². The number of carboxylic acid groups (broad SMARTS) is 1. The summed E-state index contributed by atoms with van der Waals surface area (Å²) in [5, 5.41) is 16.8. The third kappa shape index (κ3) is 5.77. The van der Waals surface area contributed by atoms with Gasteiger partial charge >= 0.3 is 11.9 Å². The highest BCUT2D eigenvalue weighted by Gasteiger charge is 2.33. The standard InChI is InChI=1S/C24H26N4O6/c1-2-34-22(32)9-10-27-13-20(29)28(14-21(30)31)19-8-5-16(12-18(19)24(27)33)11-15-3-6-17(7-4-15)23(25)26/h3-8,12H,2,9-11,13-14H2,1H3,(H3,25,26)(H,30,31). The lowest BCUT2D eigenvalue weighted by molar-refractivity contribution is -0.143. The molecule has 10 heteroatoms. The van der Waals surface area contributed by atoms with E-state index in [2.05, 4.69) is 0 Å². The topological polar surface area (TPSA) is 154 Å². The molecule has 2 amide bonds. The van der Waals surface area contributed by atoms with Gasteiger partial charge < -0.3 is 20.5 Å². The molecule has 0 atom stereocenters. The number of nitrogens with one attached hydrogen (secondary N) is 1. The average molecular weight is 466 g/mol. The Morgan fingerprint density at radius 3 is 2.41 bits per heavy atom. The van der Waals surface area contributed by atoms with Crippen LogP contribution in [-0.4, -0.2) is 65.8 Å². The number of rotatable bonds is 9. The number of nitrogen functional groups attached to an aromatic ring is 1. The van der Waals surface area contributed by atoms with Crippen molar-refractivity contribution in [1.82, 2.24) is 4.90 Å². The van der Waals surface area contributed by atoms with Gasteiger partial charge in [-0.25, -0.2) is 0 Å². The van der Waals surface area contributed by atoms with Gasteiger partial charge in [0.1, 0.15) is 18.9 Å². The van der Waals surface area contributed by atoms with E-state index in [4.69, 9.17) is 15.9 Å². The summed E-state index contributed by atoms with van der Waals surface area (Å²) in [5.41, 5.74) is 8.19. The van der Waals surface area contributed by atoms with Gasteiger partial charge in [-0.2, -0.15) is 0 Å². The fourth-order valence-electron chi connectivity index (χ4n) is 3.71. The Morgan fingerprint density at radius 1 is 1.12 bits per heavy atom. The van der Waals surface area contributed by atoms with Crippen molar-refractivity contribution >= 4 is 35.3 Å². The number of nitrogens with zero attached hydrogens (tertiary/aromatic N) is 2. The van der Waals surface area contributed by atoms with Crippen molar-refractivity contribution < 1.29 is 29.0 Å². The number of hydrogen-bond donors (Lipinski definition) is 3. The number of esters is 1. The van der Waals surface area contributed by atoms with Gasteiger partial charge in [-0.1, -0.05) is 30.3 Å². The van der Waals surface area contributed by atoms with Crippen LogP contribution in [0.2, 0.25) is 0 Å². The summed E-state index contributed by atoms with van der Waals surface area (Å²) in [4.78, 5) is 51.6. The lowest BCUT2D eigenvalue weighted by Crippen LogP contribution is -2.42. The van der Waals surface area contributed by atoms with Gasteiger partial charge in [0.15, 0.2) is 0 Å². The first-order valence-electron chi connectivity index (χ1n) is 10.7. The second kappa shape index (κ2) is 10.6. The van der Waals surface area contributed by atoms with E-state index in [1.807, 2.05) is 12.1 Å². The second-order valence-corrected chi connectivity index (χ2v) is 7.79. The Hall–Kier alpha value is -4.21. The van der Waals surface area contributed by atoms with Crippen molar-refractivity contribution in [3.8, 4) is 0 Å². The molecule has 0 radical (unpaired) electrons. The highest BCUT2D eigenvalue weighted by Crippen LogP contribution is 2.28. The minimum atomic E-state index is -1.21. The molecular weight excluding hydrogens is 440 g/mol. The van der Waals surface area contributed by atoms with Crippen LogP contribution in [0, 0.1) is 5.41 Å².